The van der Waals surface area contributed by atoms with Gasteiger partial charge in [0.15, 0.2) is 11.6 Å². The predicted octanol–water partition coefficient (Wildman–Crippen LogP) is 3.10. The molecule has 1 N–H and O–H groups in total. The quantitative estimate of drug-likeness (QED) is 0.813. The fourth-order valence-corrected chi connectivity index (χ4v) is 2.09. The largest absolute Gasteiger partial charge is 0.494 e. The zero-order valence-corrected chi connectivity index (χ0v) is 11.2. The molecule has 1 aromatic carbocycles. The molecule has 1 unspecified atom stereocenters. The van der Waals surface area contributed by atoms with Gasteiger partial charge in [-0.25, -0.2) is 4.39 Å². The summed E-state index contributed by atoms with van der Waals surface area (Å²) < 4.78 is 18.7. The van der Waals surface area contributed by atoms with Crippen molar-refractivity contribution in [1.29, 1.82) is 0 Å². The van der Waals surface area contributed by atoms with Gasteiger partial charge >= 0.3 is 0 Å². The molecule has 0 saturated carbocycles. The van der Waals surface area contributed by atoms with Crippen molar-refractivity contribution in [1.82, 2.24) is 5.32 Å². The summed E-state index contributed by atoms with van der Waals surface area (Å²) in [5.74, 6) is 0.0241. The van der Waals surface area contributed by atoms with E-state index in [2.05, 4.69) is 28.2 Å². The minimum absolute atomic E-state index is 0.274. The Kier molecular flexibility index (Phi) is 5.77. The molecule has 0 amide bonds. The van der Waals surface area contributed by atoms with Crippen molar-refractivity contribution in [3.63, 3.8) is 0 Å². The third kappa shape index (κ3) is 3.76. The second-order valence-electron chi connectivity index (χ2n) is 3.69. The first-order valence-corrected chi connectivity index (χ1v) is 6.42. The van der Waals surface area contributed by atoms with E-state index >= 15 is 0 Å². The van der Waals surface area contributed by atoms with Gasteiger partial charge in [0.25, 0.3) is 0 Å². The molecule has 0 aliphatic heterocycles. The van der Waals surface area contributed by atoms with Gasteiger partial charge in [0.1, 0.15) is 0 Å². The summed E-state index contributed by atoms with van der Waals surface area (Å²) in [5.41, 5.74) is 0.640. The maximum absolute atomic E-state index is 13.7. The minimum atomic E-state index is -0.274. The molecule has 0 radical (unpaired) electrons. The first-order chi connectivity index (χ1) is 7.69. The van der Waals surface area contributed by atoms with Crippen LogP contribution < -0.4 is 10.1 Å². The number of rotatable bonds is 6. The maximum Gasteiger partial charge on any atom is 0.169 e. The zero-order valence-electron chi connectivity index (χ0n) is 9.59. The van der Waals surface area contributed by atoms with Gasteiger partial charge in [0.2, 0.25) is 0 Å². The molecule has 0 spiro atoms. The summed E-state index contributed by atoms with van der Waals surface area (Å²) in [6.45, 7) is 2.61. The van der Waals surface area contributed by atoms with Crippen LogP contribution in [0, 0.1) is 5.82 Å². The van der Waals surface area contributed by atoms with Gasteiger partial charge in [-0.05, 0) is 19.4 Å². The molecule has 0 aliphatic carbocycles. The monoisotopic (exact) mass is 289 g/mol. The van der Waals surface area contributed by atoms with Crippen molar-refractivity contribution in [2.24, 2.45) is 0 Å². The Morgan fingerprint density at radius 3 is 2.88 bits per heavy atom. The molecule has 0 heterocycles. The Bertz CT molecular complexity index is 333. The highest BCUT2D eigenvalue weighted by Crippen LogP contribution is 2.19. The van der Waals surface area contributed by atoms with Crippen molar-refractivity contribution >= 4 is 15.9 Å². The SMILES string of the molecule is COc1cccc(CNC(C)CCBr)c1F. The van der Waals surface area contributed by atoms with Crippen LogP contribution in [0.4, 0.5) is 4.39 Å². The molecule has 2 nitrogen and oxygen atoms in total. The van der Waals surface area contributed by atoms with Crippen LogP contribution >= 0.6 is 15.9 Å². The lowest BCUT2D eigenvalue weighted by Gasteiger charge is -2.13. The van der Waals surface area contributed by atoms with Gasteiger partial charge < -0.3 is 10.1 Å². The highest BCUT2D eigenvalue weighted by Gasteiger charge is 2.08. The summed E-state index contributed by atoms with van der Waals surface area (Å²) in [4.78, 5) is 0. The van der Waals surface area contributed by atoms with Gasteiger partial charge in [-0.3, -0.25) is 0 Å². The summed E-state index contributed by atoms with van der Waals surface area (Å²) in [7, 11) is 1.48. The lowest BCUT2D eigenvalue weighted by Crippen LogP contribution is -2.26. The molecule has 0 bridgehead atoms. The Hall–Kier alpha value is -0.610. The molecule has 0 saturated heterocycles. The highest BCUT2D eigenvalue weighted by molar-refractivity contribution is 9.09. The number of methoxy groups -OCH3 is 1. The molecule has 0 aromatic heterocycles. The van der Waals surface area contributed by atoms with E-state index < -0.39 is 0 Å². The second-order valence-corrected chi connectivity index (χ2v) is 4.49. The van der Waals surface area contributed by atoms with Crippen molar-refractivity contribution < 1.29 is 9.13 Å². The molecular formula is C12H17BrFNO. The third-order valence-corrected chi connectivity index (χ3v) is 2.90. The summed E-state index contributed by atoms with van der Waals surface area (Å²) >= 11 is 3.38. The van der Waals surface area contributed by atoms with E-state index in [4.69, 9.17) is 4.74 Å². The van der Waals surface area contributed by atoms with Gasteiger partial charge in [0.05, 0.1) is 7.11 Å². The van der Waals surface area contributed by atoms with E-state index in [1.165, 1.54) is 7.11 Å². The maximum atomic E-state index is 13.7. The van der Waals surface area contributed by atoms with Gasteiger partial charge in [-0.1, -0.05) is 28.1 Å². The number of benzene rings is 1. The Labute approximate surface area is 104 Å². The average Bonchev–Trinajstić information content (AvgIpc) is 2.28. The van der Waals surface area contributed by atoms with Crippen molar-refractivity contribution in [3.8, 4) is 5.75 Å². The molecule has 1 atom stereocenters. The Balaban J connectivity index is 2.60. The van der Waals surface area contributed by atoms with E-state index in [-0.39, 0.29) is 5.82 Å². The van der Waals surface area contributed by atoms with Crippen LogP contribution in [0.3, 0.4) is 0 Å². The van der Waals surface area contributed by atoms with E-state index in [1.807, 2.05) is 0 Å². The smallest absolute Gasteiger partial charge is 0.169 e. The van der Waals surface area contributed by atoms with Crippen LogP contribution in [-0.4, -0.2) is 18.5 Å². The molecular weight excluding hydrogens is 273 g/mol. The standard InChI is InChI=1S/C12H17BrFNO/c1-9(6-7-13)15-8-10-4-3-5-11(16-2)12(10)14/h3-5,9,15H,6-8H2,1-2H3. The number of hydrogen-bond donors (Lipinski definition) is 1. The molecule has 0 aliphatic rings. The number of alkyl halides is 1. The molecule has 0 fully saturated rings. The average molecular weight is 290 g/mol. The Morgan fingerprint density at radius 2 is 2.25 bits per heavy atom. The topological polar surface area (TPSA) is 21.3 Å². The minimum Gasteiger partial charge on any atom is -0.494 e. The Morgan fingerprint density at radius 1 is 1.50 bits per heavy atom. The highest BCUT2D eigenvalue weighted by atomic mass is 79.9. The van der Waals surface area contributed by atoms with Crippen LogP contribution in [0.2, 0.25) is 0 Å². The third-order valence-electron chi connectivity index (χ3n) is 2.45. The van der Waals surface area contributed by atoms with Gasteiger partial charge in [-0.15, -0.1) is 0 Å². The molecule has 1 rings (SSSR count). The van der Waals surface area contributed by atoms with Crippen molar-refractivity contribution in [2.75, 3.05) is 12.4 Å². The van der Waals surface area contributed by atoms with Crippen LogP contribution in [0.1, 0.15) is 18.9 Å². The summed E-state index contributed by atoms with van der Waals surface area (Å²) in [5, 5.41) is 4.21. The summed E-state index contributed by atoms with van der Waals surface area (Å²) in [6, 6.07) is 5.56. The van der Waals surface area contributed by atoms with Gasteiger partial charge in [-0.2, -0.15) is 0 Å². The molecule has 1 aromatic rings. The number of halogens is 2. The van der Waals surface area contributed by atoms with E-state index in [9.17, 15) is 4.39 Å². The lowest BCUT2D eigenvalue weighted by molar-refractivity contribution is 0.382. The fraction of sp³-hybridized carbons (Fsp3) is 0.500. The van der Waals surface area contributed by atoms with Crippen molar-refractivity contribution in [2.45, 2.75) is 25.9 Å². The summed E-state index contributed by atoms with van der Waals surface area (Å²) in [6.07, 6.45) is 1.02. The molecule has 16 heavy (non-hydrogen) atoms. The first kappa shape index (κ1) is 13.5. The number of nitrogens with one attached hydrogen (secondary N) is 1. The zero-order chi connectivity index (χ0) is 12.0. The van der Waals surface area contributed by atoms with Crippen molar-refractivity contribution in [3.05, 3.63) is 29.6 Å². The van der Waals surface area contributed by atoms with Crippen LogP contribution in [-0.2, 0) is 6.54 Å². The fourth-order valence-electron chi connectivity index (χ4n) is 1.40. The van der Waals surface area contributed by atoms with E-state index in [0.29, 0.717) is 23.9 Å². The lowest BCUT2D eigenvalue weighted by atomic mass is 10.1. The normalized spacial score (nSPS) is 12.5. The second kappa shape index (κ2) is 6.86. The first-order valence-electron chi connectivity index (χ1n) is 5.29. The van der Waals surface area contributed by atoms with Crippen LogP contribution in [0.15, 0.2) is 18.2 Å². The number of ether oxygens (including phenoxy) is 1. The van der Waals surface area contributed by atoms with E-state index in [0.717, 1.165) is 11.8 Å². The van der Waals surface area contributed by atoms with E-state index in [1.54, 1.807) is 18.2 Å². The van der Waals surface area contributed by atoms with Crippen LogP contribution in [0.25, 0.3) is 0 Å². The molecule has 4 heteroatoms. The van der Waals surface area contributed by atoms with Gasteiger partial charge in [0, 0.05) is 23.5 Å². The molecule has 90 valence electrons. The van der Waals surface area contributed by atoms with Crippen LogP contribution in [0.5, 0.6) is 5.75 Å². The number of hydrogen-bond acceptors (Lipinski definition) is 2. The predicted molar refractivity (Wildman–Crippen MR) is 67.7 cm³/mol.